The summed E-state index contributed by atoms with van der Waals surface area (Å²) in [6.07, 6.45) is 5.28. The average Bonchev–Trinajstić information content (AvgIpc) is 2.90. The van der Waals surface area contributed by atoms with Crippen molar-refractivity contribution in [3.05, 3.63) is 41.6 Å². The quantitative estimate of drug-likeness (QED) is 0.883. The van der Waals surface area contributed by atoms with Crippen LogP contribution in [0.2, 0.25) is 0 Å². The van der Waals surface area contributed by atoms with Crippen molar-refractivity contribution in [2.24, 2.45) is 5.92 Å². The fourth-order valence-corrected chi connectivity index (χ4v) is 3.35. The van der Waals surface area contributed by atoms with Crippen LogP contribution < -0.4 is 5.32 Å². The van der Waals surface area contributed by atoms with Crippen molar-refractivity contribution in [2.75, 3.05) is 0 Å². The normalized spacial score (nSPS) is 26.1. The van der Waals surface area contributed by atoms with E-state index in [1.165, 1.54) is 19.3 Å². The molecule has 1 aromatic rings. The first-order valence-corrected chi connectivity index (χ1v) is 7.56. The Morgan fingerprint density at radius 1 is 1.15 bits per heavy atom. The number of amides is 1. The second kappa shape index (κ2) is 5.88. The lowest BCUT2D eigenvalue weighted by Crippen LogP contribution is -2.25. The van der Waals surface area contributed by atoms with E-state index in [1.807, 2.05) is 30.3 Å². The van der Waals surface area contributed by atoms with Crippen molar-refractivity contribution in [3.63, 3.8) is 0 Å². The van der Waals surface area contributed by atoms with Gasteiger partial charge in [0.2, 0.25) is 0 Å². The van der Waals surface area contributed by atoms with Gasteiger partial charge in [-0.2, -0.15) is 0 Å². The number of ether oxygens (including phenoxy) is 1. The van der Waals surface area contributed by atoms with E-state index in [9.17, 15) is 4.79 Å². The van der Waals surface area contributed by atoms with Crippen LogP contribution in [0, 0.1) is 5.92 Å². The van der Waals surface area contributed by atoms with Crippen LogP contribution in [0.25, 0.3) is 5.03 Å². The smallest absolute Gasteiger partial charge is 0.412 e. The Balaban J connectivity index is 1.91. The third-order valence-electron chi connectivity index (χ3n) is 4.10. The molecule has 1 heterocycles. The molecular weight excluding hydrogens is 274 g/mol. The molecule has 0 spiro atoms. The molecule has 1 aliphatic heterocycles. The van der Waals surface area contributed by atoms with Crippen LogP contribution in [0.3, 0.4) is 0 Å². The van der Waals surface area contributed by atoms with E-state index in [-0.39, 0.29) is 12.2 Å². The first-order valence-electron chi connectivity index (χ1n) is 7.18. The number of halogens is 1. The van der Waals surface area contributed by atoms with E-state index >= 15 is 0 Å². The second-order valence-corrected chi connectivity index (χ2v) is 5.82. The first-order chi connectivity index (χ1) is 9.75. The SMILES string of the molecule is O=C1N/C(=C(\Cl)c2ccccc2)C(C2CCCCC2)O1. The molecule has 1 aromatic carbocycles. The number of carbonyl (C=O) groups is 1. The zero-order valence-corrected chi connectivity index (χ0v) is 12.0. The van der Waals surface area contributed by atoms with Gasteiger partial charge in [0.1, 0.15) is 6.10 Å². The molecule has 1 N–H and O–H groups in total. The lowest BCUT2D eigenvalue weighted by atomic mass is 9.84. The largest absolute Gasteiger partial charge is 0.439 e. The summed E-state index contributed by atoms with van der Waals surface area (Å²) in [6, 6.07) is 9.70. The highest BCUT2D eigenvalue weighted by Crippen LogP contribution is 2.36. The minimum absolute atomic E-state index is 0.212. The van der Waals surface area contributed by atoms with E-state index in [2.05, 4.69) is 5.32 Å². The van der Waals surface area contributed by atoms with Gasteiger partial charge in [-0.1, -0.05) is 61.2 Å². The molecule has 3 nitrogen and oxygen atoms in total. The highest BCUT2D eigenvalue weighted by atomic mass is 35.5. The summed E-state index contributed by atoms with van der Waals surface area (Å²) in [6.45, 7) is 0. The lowest BCUT2D eigenvalue weighted by Gasteiger charge is -2.26. The molecule has 4 heteroatoms. The third kappa shape index (κ3) is 2.68. The number of alkyl carbamates (subject to hydrolysis) is 1. The molecule has 1 unspecified atom stereocenters. The van der Waals surface area contributed by atoms with Crippen molar-refractivity contribution in [1.29, 1.82) is 0 Å². The average molecular weight is 292 g/mol. The molecule has 3 rings (SSSR count). The maximum Gasteiger partial charge on any atom is 0.412 e. The van der Waals surface area contributed by atoms with Crippen LogP contribution in [0.1, 0.15) is 37.7 Å². The predicted octanol–water partition coefficient (Wildman–Crippen LogP) is 4.28. The Morgan fingerprint density at radius 3 is 2.55 bits per heavy atom. The monoisotopic (exact) mass is 291 g/mol. The van der Waals surface area contributed by atoms with Crippen LogP contribution in [-0.2, 0) is 4.74 Å². The predicted molar refractivity (Wildman–Crippen MR) is 79.2 cm³/mol. The van der Waals surface area contributed by atoms with Gasteiger partial charge < -0.3 is 4.74 Å². The Bertz CT molecular complexity index is 521. The molecule has 1 aliphatic carbocycles. The number of carbonyl (C=O) groups excluding carboxylic acids is 1. The highest BCUT2D eigenvalue weighted by molar-refractivity contribution is 6.49. The van der Waals surface area contributed by atoms with E-state index in [0.717, 1.165) is 24.1 Å². The zero-order chi connectivity index (χ0) is 13.9. The molecule has 0 bridgehead atoms. The van der Waals surface area contributed by atoms with Gasteiger partial charge in [-0.3, -0.25) is 5.32 Å². The molecule has 2 aliphatic rings. The molecule has 0 aromatic heterocycles. The minimum Gasteiger partial charge on any atom is -0.439 e. The Labute approximate surface area is 124 Å². The van der Waals surface area contributed by atoms with Crippen LogP contribution in [0.15, 0.2) is 36.0 Å². The molecule has 0 radical (unpaired) electrons. The summed E-state index contributed by atoms with van der Waals surface area (Å²) in [5, 5.41) is 3.38. The van der Waals surface area contributed by atoms with Crippen molar-refractivity contribution in [1.82, 2.24) is 5.32 Å². The summed E-state index contributed by atoms with van der Waals surface area (Å²) >= 11 is 6.48. The van der Waals surface area contributed by atoms with E-state index in [1.54, 1.807) is 0 Å². The van der Waals surface area contributed by atoms with Gasteiger partial charge >= 0.3 is 6.09 Å². The molecule has 2 fully saturated rings. The fourth-order valence-electron chi connectivity index (χ4n) is 3.07. The molecule has 20 heavy (non-hydrogen) atoms. The van der Waals surface area contributed by atoms with Gasteiger partial charge in [0.05, 0.1) is 10.7 Å². The fraction of sp³-hybridized carbons (Fsp3) is 0.438. The molecule has 1 atom stereocenters. The standard InChI is InChI=1S/C16H18ClNO2/c17-13(11-7-3-1-4-8-11)14-15(20-16(19)18-14)12-9-5-2-6-10-12/h1,3-4,7-8,12,15H,2,5-6,9-10H2,(H,18,19)/b14-13-. The summed E-state index contributed by atoms with van der Waals surface area (Å²) in [5.41, 5.74) is 1.64. The number of hydrogen-bond donors (Lipinski definition) is 1. The molecule has 1 amide bonds. The maximum absolute atomic E-state index is 11.6. The van der Waals surface area contributed by atoms with Crippen molar-refractivity contribution < 1.29 is 9.53 Å². The molecule has 106 valence electrons. The number of cyclic esters (lactones) is 1. The van der Waals surface area contributed by atoms with Gasteiger partial charge in [0.15, 0.2) is 0 Å². The maximum atomic E-state index is 11.6. The van der Waals surface area contributed by atoms with Gasteiger partial charge in [0.25, 0.3) is 0 Å². The topological polar surface area (TPSA) is 38.3 Å². The van der Waals surface area contributed by atoms with Crippen LogP contribution in [0.4, 0.5) is 4.79 Å². The zero-order valence-electron chi connectivity index (χ0n) is 11.3. The van der Waals surface area contributed by atoms with Crippen LogP contribution >= 0.6 is 11.6 Å². The van der Waals surface area contributed by atoms with Crippen LogP contribution in [0.5, 0.6) is 0 Å². The highest BCUT2D eigenvalue weighted by Gasteiger charge is 2.37. The molecule has 1 saturated carbocycles. The number of hydrogen-bond acceptors (Lipinski definition) is 2. The van der Waals surface area contributed by atoms with E-state index in [4.69, 9.17) is 16.3 Å². The lowest BCUT2D eigenvalue weighted by molar-refractivity contribution is 0.0982. The Morgan fingerprint density at radius 2 is 1.85 bits per heavy atom. The summed E-state index contributed by atoms with van der Waals surface area (Å²) < 4.78 is 5.46. The van der Waals surface area contributed by atoms with Crippen molar-refractivity contribution >= 4 is 22.7 Å². The van der Waals surface area contributed by atoms with Gasteiger partial charge in [-0.25, -0.2) is 4.79 Å². The molecule has 1 saturated heterocycles. The van der Waals surface area contributed by atoms with Crippen molar-refractivity contribution in [2.45, 2.75) is 38.2 Å². The summed E-state index contributed by atoms with van der Waals surface area (Å²) in [4.78, 5) is 11.6. The third-order valence-corrected chi connectivity index (χ3v) is 4.52. The molecular formula is C16H18ClNO2. The number of nitrogens with one attached hydrogen (secondary N) is 1. The van der Waals surface area contributed by atoms with E-state index in [0.29, 0.717) is 11.0 Å². The Hall–Kier alpha value is -1.48. The van der Waals surface area contributed by atoms with Gasteiger partial charge in [-0.05, 0) is 18.4 Å². The minimum atomic E-state index is -0.385. The summed E-state index contributed by atoms with van der Waals surface area (Å²) in [7, 11) is 0. The first kappa shape index (κ1) is 13.5. The van der Waals surface area contributed by atoms with Crippen molar-refractivity contribution in [3.8, 4) is 0 Å². The second-order valence-electron chi connectivity index (χ2n) is 5.44. The summed E-state index contributed by atoms with van der Waals surface area (Å²) in [5.74, 6) is 0.384. The number of benzene rings is 1. The van der Waals surface area contributed by atoms with Gasteiger partial charge in [-0.15, -0.1) is 0 Å². The Kier molecular flexibility index (Phi) is 3.97. The van der Waals surface area contributed by atoms with Gasteiger partial charge in [0, 0.05) is 5.92 Å². The number of rotatable bonds is 2. The van der Waals surface area contributed by atoms with Crippen LogP contribution in [-0.4, -0.2) is 12.2 Å². The van der Waals surface area contributed by atoms with E-state index < -0.39 is 0 Å².